The van der Waals surface area contributed by atoms with Crippen LogP contribution in [0.25, 0.3) is 0 Å². The van der Waals surface area contributed by atoms with E-state index in [0.29, 0.717) is 18.8 Å². The van der Waals surface area contributed by atoms with Gasteiger partial charge in [-0.25, -0.2) is 22.4 Å². The van der Waals surface area contributed by atoms with Gasteiger partial charge in [0.1, 0.15) is 0 Å². The summed E-state index contributed by atoms with van der Waals surface area (Å²) < 4.78 is 53.7. The molecular weight excluding hydrogens is 400 g/mol. The summed E-state index contributed by atoms with van der Waals surface area (Å²) in [6.45, 7) is 1.37. The van der Waals surface area contributed by atoms with Crippen LogP contribution in [0.15, 0.2) is 42.5 Å². The molecule has 2 heterocycles. The summed E-state index contributed by atoms with van der Waals surface area (Å²) in [7, 11) is 0. The van der Waals surface area contributed by atoms with Crippen molar-refractivity contribution in [2.24, 2.45) is 0 Å². The van der Waals surface area contributed by atoms with Crippen molar-refractivity contribution in [1.82, 2.24) is 4.90 Å². The lowest BCUT2D eigenvalue weighted by Gasteiger charge is -2.41. The van der Waals surface area contributed by atoms with E-state index < -0.39 is 23.6 Å². The van der Waals surface area contributed by atoms with E-state index in [1.165, 1.54) is 6.07 Å². The van der Waals surface area contributed by atoms with Crippen molar-refractivity contribution in [2.75, 3.05) is 41.7 Å². The van der Waals surface area contributed by atoms with Crippen molar-refractivity contribution >= 4 is 23.1 Å². The summed E-state index contributed by atoms with van der Waals surface area (Å²) in [5.41, 5.74) is 1.53. The van der Waals surface area contributed by atoms with Gasteiger partial charge in [-0.1, -0.05) is 12.1 Å². The fourth-order valence-electron chi connectivity index (χ4n) is 3.89. The monoisotopic (exact) mass is 422 g/mol. The second kappa shape index (κ2) is 8.14. The van der Waals surface area contributed by atoms with E-state index in [9.17, 15) is 22.4 Å². The summed E-state index contributed by atoms with van der Waals surface area (Å²) in [4.78, 5) is 16.6. The van der Waals surface area contributed by atoms with Gasteiger partial charge in [0.05, 0.1) is 17.4 Å². The van der Waals surface area contributed by atoms with Crippen LogP contribution in [0.2, 0.25) is 0 Å². The second-order valence-corrected chi connectivity index (χ2v) is 7.64. The number of hydrogen-bond donors (Lipinski definition) is 2. The van der Waals surface area contributed by atoms with E-state index in [0.717, 1.165) is 17.8 Å². The highest BCUT2D eigenvalue weighted by Crippen LogP contribution is 2.33. The molecule has 160 valence electrons. The number of nitrogens with one attached hydrogen (secondary N) is 2. The van der Waals surface area contributed by atoms with E-state index in [4.69, 9.17) is 0 Å². The Kier molecular flexibility index (Phi) is 5.55. The zero-order valence-electron chi connectivity index (χ0n) is 16.2. The molecule has 30 heavy (non-hydrogen) atoms. The van der Waals surface area contributed by atoms with E-state index in [1.54, 1.807) is 17.0 Å². The fraction of sp³-hybridized carbons (Fsp3) is 0.381. The van der Waals surface area contributed by atoms with Gasteiger partial charge in [-0.2, -0.15) is 0 Å². The van der Waals surface area contributed by atoms with Gasteiger partial charge in [-0.3, -0.25) is 4.90 Å². The molecule has 9 heteroatoms. The minimum absolute atomic E-state index is 0.131. The molecule has 2 aromatic rings. The van der Waals surface area contributed by atoms with Gasteiger partial charge < -0.3 is 15.5 Å². The molecule has 1 atom stereocenters. The van der Waals surface area contributed by atoms with Crippen molar-refractivity contribution in [2.45, 2.75) is 24.8 Å². The number of hydrogen-bond acceptors (Lipinski definition) is 3. The van der Waals surface area contributed by atoms with E-state index in [1.807, 2.05) is 17.0 Å². The van der Waals surface area contributed by atoms with Crippen molar-refractivity contribution in [3.8, 4) is 0 Å². The van der Waals surface area contributed by atoms with Gasteiger partial charge >= 0.3 is 6.03 Å². The third-order valence-corrected chi connectivity index (χ3v) is 5.50. The molecule has 2 amide bonds. The Morgan fingerprint density at radius 3 is 2.57 bits per heavy atom. The molecule has 0 saturated carbocycles. The quantitative estimate of drug-likeness (QED) is 0.715. The Bertz CT molecular complexity index is 929. The Labute approximate surface area is 171 Å². The van der Waals surface area contributed by atoms with Gasteiger partial charge in [-0.15, -0.1) is 0 Å². The lowest BCUT2D eigenvalue weighted by atomic mass is 10.0. The third-order valence-electron chi connectivity index (χ3n) is 5.50. The number of likely N-dealkylation sites (tertiary alicyclic amines) is 1. The Morgan fingerprint density at radius 1 is 1.10 bits per heavy atom. The number of amides is 2. The van der Waals surface area contributed by atoms with Gasteiger partial charge in [0.25, 0.3) is 5.92 Å². The summed E-state index contributed by atoms with van der Waals surface area (Å²) in [6, 6.07) is 9.58. The number of carbonyl (C=O) groups excluding carboxylic acids is 1. The molecule has 5 nitrogen and oxygen atoms in total. The van der Waals surface area contributed by atoms with Crippen LogP contribution in [0.3, 0.4) is 0 Å². The highest BCUT2D eigenvalue weighted by atomic mass is 19.3. The molecule has 0 radical (unpaired) electrons. The van der Waals surface area contributed by atoms with Crippen molar-refractivity contribution in [3.63, 3.8) is 0 Å². The SMILES string of the molecule is O=C(Nc1ccc(F)c(F)c1)N1c2ccccc2NCC1CN1CCC(F)(F)CC1. The van der Waals surface area contributed by atoms with Crippen LogP contribution in [-0.2, 0) is 0 Å². The molecule has 2 aliphatic rings. The first kappa shape index (κ1) is 20.5. The number of alkyl halides is 2. The number of para-hydroxylation sites is 2. The minimum atomic E-state index is -2.64. The predicted molar refractivity (Wildman–Crippen MR) is 107 cm³/mol. The van der Waals surface area contributed by atoms with Crippen molar-refractivity contribution < 1.29 is 22.4 Å². The highest BCUT2D eigenvalue weighted by Gasteiger charge is 2.37. The standard InChI is InChI=1S/C21H22F4N4O/c22-16-6-5-14(11-17(16)23)27-20(30)29-15(12-26-18-3-1-2-4-19(18)29)13-28-9-7-21(24,25)8-10-28/h1-6,11,15,26H,7-10,12-13H2,(H,27,30). The normalized spacial score (nSPS) is 20.9. The van der Waals surface area contributed by atoms with E-state index >= 15 is 0 Å². The molecular formula is C21H22F4N4O. The van der Waals surface area contributed by atoms with Crippen LogP contribution in [0.4, 0.5) is 39.4 Å². The lowest BCUT2D eigenvalue weighted by molar-refractivity contribution is -0.0556. The molecule has 1 unspecified atom stereocenters. The number of nitrogens with zero attached hydrogens (tertiary/aromatic N) is 2. The molecule has 2 N–H and O–H groups in total. The van der Waals surface area contributed by atoms with E-state index in [-0.39, 0.29) is 37.7 Å². The first-order valence-electron chi connectivity index (χ1n) is 9.81. The van der Waals surface area contributed by atoms with Gasteiger partial charge in [0.15, 0.2) is 11.6 Å². The molecule has 2 aliphatic heterocycles. The number of urea groups is 1. The molecule has 1 fully saturated rings. The van der Waals surface area contributed by atoms with Crippen LogP contribution in [-0.4, -0.2) is 49.1 Å². The number of anilines is 3. The Hall–Kier alpha value is -2.81. The molecule has 0 aromatic heterocycles. The van der Waals surface area contributed by atoms with Gasteiger partial charge in [0, 0.05) is 50.8 Å². The zero-order valence-corrected chi connectivity index (χ0v) is 16.2. The van der Waals surface area contributed by atoms with Gasteiger partial charge in [-0.05, 0) is 24.3 Å². The number of benzene rings is 2. The lowest BCUT2D eigenvalue weighted by Crippen LogP contribution is -2.55. The van der Waals surface area contributed by atoms with Gasteiger partial charge in [0.2, 0.25) is 0 Å². The summed E-state index contributed by atoms with van der Waals surface area (Å²) in [5, 5.41) is 5.89. The van der Waals surface area contributed by atoms with Crippen LogP contribution >= 0.6 is 0 Å². The summed E-state index contributed by atoms with van der Waals surface area (Å²) >= 11 is 0. The maximum Gasteiger partial charge on any atom is 0.326 e. The van der Waals surface area contributed by atoms with Crippen molar-refractivity contribution in [3.05, 3.63) is 54.1 Å². The van der Waals surface area contributed by atoms with Crippen molar-refractivity contribution in [1.29, 1.82) is 0 Å². The molecule has 0 spiro atoms. The summed E-state index contributed by atoms with van der Waals surface area (Å²) in [5.74, 6) is -4.70. The average Bonchev–Trinajstić information content (AvgIpc) is 2.72. The van der Waals surface area contributed by atoms with Crippen LogP contribution in [0, 0.1) is 11.6 Å². The zero-order chi connectivity index (χ0) is 21.3. The minimum Gasteiger partial charge on any atom is -0.381 e. The maximum absolute atomic E-state index is 13.5. The molecule has 2 aromatic carbocycles. The predicted octanol–water partition coefficient (Wildman–Crippen LogP) is 4.53. The smallest absolute Gasteiger partial charge is 0.326 e. The molecule has 1 saturated heterocycles. The molecule has 0 aliphatic carbocycles. The number of fused-ring (bicyclic) bond motifs is 1. The topological polar surface area (TPSA) is 47.6 Å². The maximum atomic E-state index is 13.5. The van der Waals surface area contributed by atoms with Crippen LogP contribution < -0.4 is 15.5 Å². The first-order chi connectivity index (χ1) is 14.3. The first-order valence-corrected chi connectivity index (χ1v) is 9.81. The van der Waals surface area contributed by atoms with Crippen LogP contribution in [0.5, 0.6) is 0 Å². The largest absolute Gasteiger partial charge is 0.381 e. The second-order valence-electron chi connectivity index (χ2n) is 7.64. The highest BCUT2D eigenvalue weighted by molar-refractivity contribution is 6.05. The Morgan fingerprint density at radius 2 is 1.83 bits per heavy atom. The third kappa shape index (κ3) is 4.35. The Balaban J connectivity index is 1.55. The summed E-state index contributed by atoms with van der Waals surface area (Å²) in [6.07, 6.45) is -0.407. The van der Waals surface area contributed by atoms with E-state index in [2.05, 4.69) is 10.6 Å². The molecule has 4 rings (SSSR count). The number of carbonyl (C=O) groups is 1. The average molecular weight is 422 g/mol. The molecule has 0 bridgehead atoms. The van der Waals surface area contributed by atoms with Crippen LogP contribution in [0.1, 0.15) is 12.8 Å². The number of piperidine rings is 1. The fourth-order valence-corrected chi connectivity index (χ4v) is 3.89. The number of rotatable bonds is 3. The number of halogens is 4.